The molecule has 0 amide bonds. The molecular weight excluding hydrogens is 211 g/mol. The Morgan fingerprint density at radius 2 is 2.20 bits per heavy atom. The normalized spacial score (nSPS) is 12.8. The SMILES string of the molecule is CCCSCC(O)c1ccc(C)c(F)c1. The fourth-order valence-electron chi connectivity index (χ4n) is 1.25. The van der Waals surface area contributed by atoms with Gasteiger partial charge in [-0.05, 0) is 36.3 Å². The van der Waals surface area contributed by atoms with E-state index in [2.05, 4.69) is 6.92 Å². The molecule has 0 bridgehead atoms. The van der Waals surface area contributed by atoms with E-state index in [-0.39, 0.29) is 5.82 Å². The molecule has 0 spiro atoms. The molecule has 1 atom stereocenters. The first kappa shape index (κ1) is 12.5. The van der Waals surface area contributed by atoms with Gasteiger partial charge in [-0.2, -0.15) is 11.8 Å². The second-order valence-corrected chi connectivity index (χ2v) is 4.75. The van der Waals surface area contributed by atoms with Crippen LogP contribution < -0.4 is 0 Å². The summed E-state index contributed by atoms with van der Waals surface area (Å²) in [6.07, 6.45) is 0.538. The van der Waals surface area contributed by atoms with Crippen LogP contribution in [0.25, 0.3) is 0 Å². The standard InChI is InChI=1S/C12H17FOS/c1-3-6-15-8-12(14)10-5-4-9(2)11(13)7-10/h4-5,7,12,14H,3,6,8H2,1-2H3. The Balaban J connectivity index is 2.57. The summed E-state index contributed by atoms with van der Waals surface area (Å²) in [5.41, 5.74) is 1.29. The molecule has 0 aromatic heterocycles. The van der Waals surface area contributed by atoms with Crippen molar-refractivity contribution in [2.75, 3.05) is 11.5 Å². The van der Waals surface area contributed by atoms with Crippen molar-refractivity contribution in [3.63, 3.8) is 0 Å². The molecule has 0 heterocycles. The Morgan fingerprint density at radius 3 is 2.80 bits per heavy atom. The molecule has 1 aromatic rings. The van der Waals surface area contributed by atoms with Crippen molar-refractivity contribution >= 4 is 11.8 Å². The lowest BCUT2D eigenvalue weighted by molar-refractivity contribution is 0.203. The van der Waals surface area contributed by atoms with Gasteiger partial charge in [-0.1, -0.05) is 19.1 Å². The topological polar surface area (TPSA) is 20.2 Å². The summed E-state index contributed by atoms with van der Waals surface area (Å²) in [6, 6.07) is 4.92. The first-order valence-electron chi connectivity index (χ1n) is 5.17. The molecule has 84 valence electrons. The van der Waals surface area contributed by atoms with Crippen molar-refractivity contribution in [2.24, 2.45) is 0 Å². The molecule has 1 N–H and O–H groups in total. The zero-order chi connectivity index (χ0) is 11.3. The third-order valence-electron chi connectivity index (χ3n) is 2.20. The molecule has 0 saturated heterocycles. The van der Waals surface area contributed by atoms with E-state index in [1.165, 1.54) is 6.07 Å². The van der Waals surface area contributed by atoms with Crippen LogP contribution in [-0.2, 0) is 0 Å². The van der Waals surface area contributed by atoms with Crippen molar-refractivity contribution in [3.8, 4) is 0 Å². The minimum atomic E-state index is -0.559. The zero-order valence-electron chi connectivity index (χ0n) is 9.16. The molecule has 0 aliphatic carbocycles. The summed E-state index contributed by atoms with van der Waals surface area (Å²) in [5.74, 6) is 1.42. The third kappa shape index (κ3) is 3.84. The van der Waals surface area contributed by atoms with E-state index in [4.69, 9.17) is 0 Å². The van der Waals surface area contributed by atoms with E-state index in [0.717, 1.165) is 12.2 Å². The van der Waals surface area contributed by atoms with E-state index in [1.807, 2.05) is 0 Å². The van der Waals surface area contributed by atoms with Crippen molar-refractivity contribution in [2.45, 2.75) is 26.4 Å². The van der Waals surface area contributed by atoms with Crippen LogP contribution in [0.3, 0.4) is 0 Å². The Labute approximate surface area is 94.7 Å². The van der Waals surface area contributed by atoms with Crippen LogP contribution in [0.15, 0.2) is 18.2 Å². The first-order chi connectivity index (χ1) is 7.15. The molecule has 0 fully saturated rings. The molecule has 15 heavy (non-hydrogen) atoms. The summed E-state index contributed by atoms with van der Waals surface area (Å²) in [4.78, 5) is 0. The van der Waals surface area contributed by atoms with Crippen LogP contribution in [-0.4, -0.2) is 16.6 Å². The molecule has 1 rings (SSSR count). The molecule has 0 aliphatic heterocycles. The van der Waals surface area contributed by atoms with E-state index in [0.29, 0.717) is 16.9 Å². The number of benzene rings is 1. The van der Waals surface area contributed by atoms with Crippen LogP contribution in [0.5, 0.6) is 0 Å². The van der Waals surface area contributed by atoms with Crippen molar-refractivity contribution in [3.05, 3.63) is 35.1 Å². The van der Waals surface area contributed by atoms with Gasteiger partial charge >= 0.3 is 0 Å². The highest BCUT2D eigenvalue weighted by Crippen LogP contribution is 2.20. The van der Waals surface area contributed by atoms with Gasteiger partial charge in [0.1, 0.15) is 5.82 Å². The van der Waals surface area contributed by atoms with Gasteiger partial charge in [0.05, 0.1) is 6.10 Å². The van der Waals surface area contributed by atoms with Crippen molar-refractivity contribution < 1.29 is 9.50 Å². The maximum absolute atomic E-state index is 13.2. The van der Waals surface area contributed by atoms with E-state index >= 15 is 0 Å². The maximum Gasteiger partial charge on any atom is 0.126 e. The highest BCUT2D eigenvalue weighted by atomic mass is 32.2. The summed E-state index contributed by atoms with van der Waals surface area (Å²) in [6.45, 7) is 3.82. The number of halogens is 1. The first-order valence-corrected chi connectivity index (χ1v) is 6.32. The predicted octanol–water partition coefficient (Wildman–Crippen LogP) is 3.31. The van der Waals surface area contributed by atoms with Crippen molar-refractivity contribution in [1.82, 2.24) is 0 Å². The quantitative estimate of drug-likeness (QED) is 0.780. The van der Waals surface area contributed by atoms with Crippen LogP contribution in [0, 0.1) is 12.7 Å². The maximum atomic E-state index is 13.2. The largest absolute Gasteiger partial charge is 0.388 e. The van der Waals surface area contributed by atoms with Crippen LogP contribution in [0.1, 0.15) is 30.6 Å². The van der Waals surface area contributed by atoms with E-state index < -0.39 is 6.10 Å². The second-order valence-electron chi connectivity index (χ2n) is 3.60. The Bertz CT molecular complexity index is 314. The van der Waals surface area contributed by atoms with Crippen LogP contribution in [0.4, 0.5) is 4.39 Å². The monoisotopic (exact) mass is 228 g/mol. The number of thioether (sulfide) groups is 1. The predicted molar refractivity (Wildman–Crippen MR) is 63.7 cm³/mol. The Hall–Kier alpha value is -0.540. The van der Waals surface area contributed by atoms with Gasteiger partial charge < -0.3 is 5.11 Å². The van der Waals surface area contributed by atoms with E-state index in [9.17, 15) is 9.50 Å². The lowest BCUT2D eigenvalue weighted by Crippen LogP contribution is -2.02. The van der Waals surface area contributed by atoms with Crippen molar-refractivity contribution in [1.29, 1.82) is 0 Å². The Morgan fingerprint density at radius 1 is 1.47 bits per heavy atom. The lowest BCUT2D eigenvalue weighted by Gasteiger charge is -2.11. The molecular formula is C12H17FOS. The number of hydrogen-bond acceptors (Lipinski definition) is 2. The summed E-state index contributed by atoms with van der Waals surface area (Å²) >= 11 is 1.69. The Kier molecular flexibility index (Phi) is 5.12. The molecule has 3 heteroatoms. The van der Waals surface area contributed by atoms with Gasteiger partial charge in [0.2, 0.25) is 0 Å². The summed E-state index contributed by atoms with van der Waals surface area (Å²) in [7, 11) is 0. The second kappa shape index (κ2) is 6.13. The van der Waals surface area contributed by atoms with Crippen LogP contribution >= 0.6 is 11.8 Å². The fraction of sp³-hybridized carbons (Fsp3) is 0.500. The number of aliphatic hydroxyl groups is 1. The lowest BCUT2D eigenvalue weighted by atomic mass is 10.1. The van der Waals surface area contributed by atoms with Gasteiger partial charge in [0, 0.05) is 5.75 Å². The number of aryl methyl sites for hydroxylation is 1. The summed E-state index contributed by atoms with van der Waals surface area (Å²) < 4.78 is 13.2. The highest BCUT2D eigenvalue weighted by molar-refractivity contribution is 7.99. The number of aliphatic hydroxyl groups excluding tert-OH is 1. The average molecular weight is 228 g/mol. The van der Waals surface area contributed by atoms with Gasteiger partial charge in [-0.3, -0.25) is 0 Å². The highest BCUT2D eigenvalue weighted by Gasteiger charge is 2.09. The third-order valence-corrected chi connectivity index (χ3v) is 3.45. The van der Waals surface area contributed by atoms with Crippen LogP contribution in [0.2, 0.25) is 0 Å². The minimum absolute atomic E-state index is 0.243. The smallest absolute Gasteiger partial charge is 0.126 e. The number of rotatable bonds is 5. The molecule has 1 nitrogen and oxygen atoms in total. The summed E-state index contributed by atoms with van der Waals surface area (Å²) in [5, 5.41) is 9.77. The van der Waals surface area contributed by atoms with E-state index in [1.54, 1.807) is 30.8 Å². The van der Waals surface area contributed by atoms with Gasteiger partial charge in [0.25, 0.3) is 0 Å². The molecule has 0 radical (unpaired) electrons. The fourth-order valence-corrected chi connectivity index (χ4v) is 2.12. The molecule has 0 saturated carbocycles. The molecule has 1 unspecified atom stereocenters. The molecule has 0 aliphatic rings. The molecule has 1 aromatic carbocycles. The minimum Gasteiger partial charge on any atom is -0.388 e. The van der Waals surface area contributed by atoms with Gasteiger partial charge in [-0.15, -0.1) is 0 Å². The number of hydrogen-bond donors (Lipinski definition) is 1. The average Bonchev–Trinajstić information content (AvgIpc) is 2.22. The zero-order valence-corrected chi connectivity index (χ0v) is 9.98. The van der Waals surface area contributed by atoms with Gasteiger partial charge in [-0.25, -0.2) is 4.39 Å². The van der Waals surface area contributed by atoms with Gasteiger partial charge in [0.15, 0.2) is 0 Å².